The standard InChI is InChI=1S/C13H17NO3/c15-11-7-6-10(12(16)13(11)17)14-8-9-4-2-1-3-5-9/h1-7,10-17H,8H2/t10-,11-,12+,13+/m0/s1. The molecule has 0 amide bonds. The average Bonchev–Trinajstić information content (AvgIpc) is 2.36. The van der Waals surface area contributed by atoms with Crippen LogP contribution in [-0.4, -0.2) is 39.7 Å². The number of hydrogen-bond acceptors (Lipinski definition) is 4. The third-order valence-corrected chi connectivity index (χ3v) is 2.97. The topological polar surface area (TPSA) is 72.7 Å². The van der Waals surface area contributed by atoms with Crippen LogP contribution >= 0.6 is 0 Å². The summed E-state index contributed by atoms with van der Waals surface area (Å²) in [6.45, 7) is 0.607. The summed E-state index contributed by atoms with van der Waals surface area (Å²) in [5, 5.41) is 31.7. The second-order valence-corrected chi connectivity index (χ2v) is 4.25. The molecule has 0 saturated heterocycles. The summed E-state index contributed by atoms with van der Waals surface area (Å²) in [4.78, 5) is 0. The molecule has 0 spiro atoms. The molecule has 2 rings (SSSR count). The zero-order valence-electron chi connectivity index (χ0n) is 9.40. The predicted octanol–water partition coefficient (Wildman–Crippen LogP) is -0.203. The van der Waals surface area contributed by atoms with Crippen LogP contribution < -0.4 is 5.32 Å². The van der Waals surface area contributed by atoms with Crippen LogP contribution in [0.2, 0.25) is 0 Å². The van der Waals surface area contributed by atoms with Gasteiger partial charge in [0.25, 0.3) is 0 Å². The SMILES string of the molecule is O[C@H]1[C@H](O)[C@@H](O)C=C[C@@H]1NCc1ccccc1. The molecule has 0 radical (unpaired) electrons. The molecule has 4 nitrogen and oxygen atoms in total. The Hall–Kier alpha value is -1.20. The third kappa shape index (κ3) is 2.92. The van der Waals surface area contributed by atoms with Gasteiger partial charge in [0.1, 0.15) is 18.3 Å². The first-order valence-electron chi connectivity index (χ1n) is 5.68. The molecule has 4 N–H and O–H groups in total. The fourth-order valence-corrected chi connectivity index (χ4v) is 1.90. The smallest absolute Gasteiger partial charge is 0.111 e. The molecular formula is C13H17NO3. The number of aliphatic hydroxyl groups excluding tert-OH is 3. The molecule has 4 atom stereocenters. The Morgan fingerprint density at radius 1 is 0.941 bits per heavy atom. The molecule has 0 saturated carbocycles. The van der Waals surface area contributed by atoms with E-state index in [0.717, 1.165) is 5.56 Å². The first-order valence-corrected chi connectivity index (χ1v) is 5.68. The average molecular weight is 235 g/mol. The molecular weight excluding hydrogens is 218 g/mol. The zero-order chi connectivity index (χ0) is 12.3. The van der Waals surface area contributed by atoms with Crippen molar-refractivity contribution in [3.63, 3.8) is 0 Å². The molecule has 1 aromatic carbocycles. The van der Waals surface area contributed by atoms with Gasteiger partial charge in [0.05, 0.1) is 6.04 Å². The van der Waals surface area contributed by atoms with Gasteiger partial charge in [-0.15, -0.1) is 0 Å². The Kier molecular flexibility index (Phi) is 3.91. The van der Waals surface area contributed by atoms with Crippen molar-refractivity contribution in [1.29, 1.82) is 0 Å². The highest BCUT2D eigenvalue weighted by molar-refractivity contribution is 5.16. The van der Waals surface area contributed by atoms with Crippen molar-refractivity contribution in [2.75, 3.05) is 0 Å². The Morgan fingerprint density at radius 3 is 2.35 bits per heavy atom. The Balaban J connectivity index is 1.94. The van der Waals surface area contributed by atoms with Crippen molar-refractivity contribution in [3.05, 3.63) is 48.0 Å². The van der Waals surface area contributed by atoms with E-state index in [1.165, 1.54) is 6.08 Å². The largest absolute Gasteiger partial charge is 0.388 e. The number of nitrogens with one attached hydrogen (secondary N) is 1. The lowest BCUT2D eigenvalue weighted by Gasteiger charge is -2.31. The fraction of sp³-hybridized carbons (Fsp3) is 0.385. The van der Waals surface area contributed by atoms with E-state index in [2.05, 4.69) is 5.32 Å². The number of benzene rings is 1. The molecule has 0 unspecified atom stereocenters. The van der Waals surface area contributed by atoms with Crippen LogP contribution in [0.5, 0.6) is 0 Å². The van der Waals surface area contributed by atoms with Crippen molar-refractivity contribution in [3.8, 4) is 0 Å². The van der Waals surface area contributed by atoms with Crippen LogP contribution in [0.1, 0.15) is 5.56 Å². The minimum absolute atomic E-state index is 0.339. The van der Waals surface area contributed by atoms with Gasteiger partial charge < -0.3 is 20.6 Å². The normalized spacial score (nSPS) is 32.6. The van der Waals surface area contributed by atoms with E-state index in [4.69, 9.17) is 0 Å². The van der Waals surface area contributed by atoms with Crippen LogP contribution in [0.15, 0.2) is 42.5 Å². The summed E-state index contributed by atoms with van der Waals surface area (Å²) in [7, 11) is 0. The molecule has 0 heterocycles. The first-order chi connectivity index (χ1) is 8.18. The van der Waals surface area contributed by atoms with Crippen LogP contribution in [0.4, 0.5) is 0 Å². The van der Waals surface area contributed by atoms with E-state index in [1.54, 1.807) is 6.08 Å². The van der Waals surface area contributed by atoms with Gasteiger partial charge in [-0.25, -0.2) is 0 Å². The Labute approximate surface area is 100 Å². The molecule has 17 heavy (non-hydrogen) atoms. The van der Waals surface area contributed by atoms with Gasteiger partial charge in [-0.2, -0.15) is 0 Å². The summed E-state index contributed by atoms with van der Waals surface area (Å²) in [5.41, 5.74) is 1.11. The quantitative estimate of drug-likeness (QED) is 0.547. The second-order valence-electron chi connectivity index (χ2n) is 4.25. The molecule has 0 aromatic heterocycles. The van der Waals surface area contributed by atoms with E-state index in [9.17, 15) is 15.3 Å². The van der Waals surface area contributed by atoms with Gasteiger partial charge in [0.15, 0.2) is 0 Å². The van der Waals surface area contributed by atoms with Crippen molar-refractivity contribution in [1.82, 2.24) is 5.32 Å². The van der Waals surface area contributed by atoms with Crippen molar-refractivity contribution in [2.24, 2.45) is 0 Å². The van der Waals surface area contributed by atoms with Crippen molar-refractivity contribution >= 4 is 0 Å². The van der Waals surface area contributed by atoms with Gasteiger partial charge in [0, 0.05) is 6.54 Å². The number of rotatable bonds is 3. The molecule has 0 aliphatic heterocycles. The predicted molar refractivity (Wildman–Crippen MR) is 64.2 cm³/mol. The summed E-state index contributed by atoms with van der Waals surface area (Å²) >= 11 is 0. The van der Waals surface area contributed by atoms with Crippen LogP contribution in [0, 0.1) is 0 Å². The van der Waals surface area contributed by atoms with Crippen LogP contribution in [-0.2, 0) is 6.54 Å². The van der Waals surface area contributed by atoms with E-state index >= 15 is 0 Å². The van der Waals surface area contributed by atoms with E-state index in [-0.39, 0.29) is 6.04 Å². The van der Waals surface area contributed by atoms with E-state index in [0.29, 0.717) is 6.54 Å². The molecule has 4 heteroatoms. The van der Waals surface area contributed by atoms with Crippen LogP contribution in [0.25, 0.3) is 0 Å². The lowest BCUT2D eigenvalue weighted by atomic mass is 9.94. The highest BCUT2D eigenvalue weighted by Gasteiger charge is 2.32. The summed E-state index contributed by atoms with van der Waals surface area (Å²) in [6, 6.07) is 9.47. The van der Waals surface area contributed by atoms with Crippen LogP contribution in [0.3, 0.4) is 0 Å². The number of hydrogen-bond donors (Lipinski definition) is 4. The Bertz CT molecular complexity index is 380. The van der Waals surface area contributed by atoms with Gasteiger partial charge in [0.2, 0.25) is 0 Å². The highest BCUT2D eigenvalue weighted by atomic mass is 16.4. The third-order valence-electron chi connectivity index (χ3n) is 2.97. The van der Waals surface area contributed by atoms with Crippen molar-refractivity contribution < 1.29 is 15.3 Å². The molecule has 1 aliphatic rings. The fourth-order valence-electron chi connectivity index (χ4n) is 1.90. The number of aliphatic hydroxyl groups is 3. The highest BCUT2D eigenvalue weighted by Crippen LogP contribution is 2.14. The van der Waals surface area contributed by atoms with E-state index in [1.807, 2.05) is 30.3 Å². The second kappa shape index (κ2) is 5.42. The summed E-state index contributed by atoms with van der Waals surface area (Å²) < 4.78 is 0. The molecule has 0 bridgehead atoms. The minimum Gasteiger partial charge on any atom is -0.388 e. The lowest BCUT2D eigenvalue weighted by Crippen LogP contribution is -2.51. The van der Waals surface area contributed by atoms with Gasteiger partial charge in [-0.05, 0) is 5.56 Å². The summed E-state index contributed by atoms with van der Waals surface area (Å²) in [6.07, 6.45) is 0.0807. The van der Waals surface area contributed by atoms with E-state index < -0.39 is 18.3 Å². The molecule has 92 valence electrons. The lowest BCUT2D eigenvalue weighted by molar-refractivity contribution is -0.0567. The minimum atomic E-state index is -1.13. The zero-order valence-corrected chi connectivity index (χ0v) is 9.40. The molecule has 1 aromatic rings. The summed E-state index contributed by atoms with van der Waals surface area (Å²) in [5.74, 6) is 0. The molecule has 0 fully saturated rings. The van der Waals surface area contributed by atoms with Gasteiger partial charge >= 0.3 is 0 Å². The van der Waals surface area contributed by atoms with Gasteiger partial charge in [-0.1, -0.05) is 42.5 Å². The monoisotopic (exact) mass is 235 g/mol. The molecule has 1 aliphatic carbocycles. The maximum absolute atomic E-state index is 9.76. The first kappa shape index (κ1) is 12.3. The Morgan fingerprint density at radius 2 is 1.65 bits per heavy atom. The van der Waals surface area contributed by atoms with Gasteiger partial charge in [-0.3, -0.25) is 0 Å². The maximum Gasteiger partial charge on any atom is 0.111 e. The van der Waals surface area contributed by atoms with Crippen molar-refractivity contribution in [2.45, 2.75) is 30.9 Å². The maximum atomic E-state index is 9.76.